The van der Waals surface area contributed by atoms with Crippen LogP contribution in [0.4, 0.5) is 40.1 Å². The molecule has 0 bridgehead atoms. The van der Waals surface area contributed by atoms with Gasteiger partial charge in [0.25, 0.3) is 5.91 Å². The average molecular weight is 519 g/mol. The standard InChI is InChI=1S/C21H17F4N9OS/c1-10-2-3-11(17(35)31-20-33-32-18(36-20)21(23,24)25)6-13(10)29-16-15-14(27-9-28-16)7-26-19(30-15)34-5-4-12(22)8-34/h2-3,6-7,9,12H,4-5,8H2,1H3,(H,27,28,29)(H,31,33,35)/t12-/m0/s1. The van der Waals surface area contributed by atoms with Crippen molar-refractivity contribution in [2.45, 2.75) is 25.7 Å². The van der Waals surface area contributed by atoms with Crippen LogP contribution in [0.2, 0.25) is 0 Å². The van der Waals surface area contributed by atoms with Crippen molar-refractivity contribution in [3.8, 4) is 0 Å². The van der Waals surface area contributed by atoms with Crippen molar-refractivity contribution in [3.63, 3.8) is 0 Å². The van der Waals surface area contributed by atoms with Crippen LogP contribution in [0.5, 0.6) is 0 Å². The van der Waals surface area contributed by atoms with Gasteiger partial charge in [-0.1, -0.05) is 17.4 Å². The van der Waals surface area contributed by atoms with E-state index in [0.717, 1.165) is 5.56 Å². The summed E-state index contributed by atoms with van der Waals surface area (Å²) in [6.45, 7) is 2.51. The molecule has 0 saturated carbocycles. The number of aromatic nitrogens is 6. The van der Waals surface area contributed by atoms with Crippen molar-refractivity contribution in [2.24, 2.45) is 0 Å². The molecule has 0 spiro atoms. The lowest BCUT2D eigenvalue weighted by atomic mass is 10.1. The maximum Gasteiger partial charge on any atom is 0.445 e. The number of carbonyl (C=O) groups is 1. The van der Waals surface area contributed by atoms with E-state index in [2.05, 4.69) is 40.8 Å². The number of nitrogens with zero attached hydrogens (tertiary/aromatic N) is 7. The van der Waals surface area contributed by atoms with Crippen LogP contribution in [0, 0.1) is 6.92 Å². The van der Waals surface area contributed by atoms with Gasteiger partial charge in [-0.3, -0.25) is 10.1 Å². The summed E-state index contributed by atoms with van der Waals surface area (Å²) < 4.78 is 51.9. The summed E-state index contributed by atoms with van der Waals surface area (Å²) in [7, 11) is 0. The Morgan fingerprint density at radius 3 is 2.75 bits per heavy atom. The van der Waals surface area contributed by atoms with E-state index in [4.69, 9.17) is 0 Å². The molecule has 3 aromatic heterocycles. The highest BCUT2D eigenvalue weighted by molar-refractivity contribution is 7.15. The van der Waals surface area contributed by atoms with Crippen LogP contribution < -0.4 is 15.5 Å². The Morgan fingerprint density at radius 1 is 1.19 bits per heavy atom. The minimum atomic E-state index is -4.65. The molecule has 0 aliphatic carbocycles. The van der Waals surface area contributed by atoms with Crippen molar-refractivity contribution in [1.82, 2.24) is 30.1 Å². The second-order valence-corrected chi connectivity index (χ2v) is 8.95. The molecule has 1 amide bonds. The number of amides is 1. The minimum Gasteiger partial charge on any atom is -0.338 e. The summed E-state index contributed by atoms with van der Waals surface area (Å²) in [5.74, 6) is 0.0507. The van der Waals surface area contributed by atoms with Crippen molar-refractivity contribution >= 4 is 50.9 Å². The zero-order valence-electron chi connectivity index (χ0n) is 18.5. The average Bonchev–Trinajstić information content (AvgIpc) is 3.49. The highest BCUT2D eigenvalue weighted by Gasteiger charge is 2.36. The number of halogens is 4. The highest BCUT2D eigenvalue weighted by Crippen LogP contribution is 2.33. The van der Waals surface area contributed by atoms with Gasteiger partial charge in [-0.25, -0.2) is 24.3 Å². The first-order chi connectivity index (χ1) is 17.2. The van der Waals surface area contributed by atoms with E-state index < -0.39 is 23.3 Å². The number of benzene rings is 1. The number of hydrogen-bond donors (Lipinski definition) is 2. The Morgan fingerprint density at radius 2 is 2.03 bits per heavy atom. The molecule has 5 rings (SSSR count). The smallest absolute Gasteiger partial charge is 0.338 e. The lowest BCUT2D eigenvalue weighted by Gasteiger charge is -2.16. The normalized spacial score (nSPS) is 15.9. The third-order valence-electron chi connectivity index (χ3n) is 5.42. The monoisotopic (exact) mass is 519 g/mol. The zero-order chi connectivity index (χ0) is 25.4. The molecule has 1 fully saturated rings. The number of fused-ring (bicyclic) bond motifs is 1. The van der Waals surface area contributed by atoms with E-state index in [9.17, 15) is 22.4 Å². The molecule has 0 radical (unpaired) electrons. The molecule has 1 aromatic carbocycles. The summed E-state index contributed by atoms with van der Waals surface area (Å²) in [5.41, 5.74) is 2.33. The predicted octanol–water partition coefficient (Wildman–Crippen LogP) is 4.14. The molecule has 1 aliphatic heterocycles. The third kappa shape index (κ3) is 4.86. The van der Waals surface area contributed by atoms with E-state index in [1.807, 2.05) is 0 Å². The third-order valence-corrected chi connectivity index (χ3v) is 6.30. The number of alkyl halides is 4. The second kappa shape index (κ2) is 9.22. The molecule has 4 aromatic rings. The van der Waals surface area contributed by atoms with E-state index in [1.165, 1.54) is 24.7 Å². The summed E-state index contributed by atoms with van der Waals surface area (Å²) in [4.78, 5) is 31.7. The van der Waals surface area contributed by atoms with Gasteiger partial charge in [0.2, 0.25) is 16.1 Å². The zero-order valence-corrected chi connectivity index (χ0v) is 19.4. The number of aryl methyl sites for hydroxylation is 1. The first-order valence-electron chi connectivity index (χ1n) is 10.6. The van der Waals surface area contributed by atoms with Crippen LogP contribution in [0.15, 0.2) is 30.7 Å². The summed E-state index contributed by atoms with van der Waals surface area (Å²) >= 11 is 0.233. The molecular weight excluding hydrogens is 502 g/mol. The Hall–Kier alpha value is -4.01. The van der Waals surface area contributed by atoms with Gasteiger partial charge in [0.05, 0.1) is 12.7 Å². The van der Waals surface area contributed by atoms with Gasteiger partial charge in [0.1, 0.15) is 23.5 Å². The molecule has 2 N–H and O–H groups in total. The van der Waals surface area contributed by atoms with Crippen LogP contribution >= 0.6 is 11.3 Å². The molecule has 1 saturated heterocycles. The molecule has 186 valence electrons. The van der Waals surface area contributed by atoms with Gasteiger partial charge in [-0.15, -0.1) is 10.2 Å². The molecular formula is C21H17F4N9OS. The van der Waals surface area contributed by atoms with Crippen LogP contribution in [-0.4, -0.2) is 55.3 Å². The molecule has 0 unspecified atom stereocenters. The van der Waals surface area contributed by atoms with E-state index in [1.54, 1.807) is 17.9 Å². The van der Waals surface area contributed by atoms with Gasteiger partial charge in [0, 0.05) is 17.8 Å². The molecule has 1 atom stereocenters. The number of anilines is 4. The van der Waals surface area contributed by atoms with Gasteiger partial charge in [0.15, 0.2) is 5.82 Å². The lowest BCUT2D eigenvalue weighted by Crippen LogP contribution is -2.22. The van der Waals surface area contributed by atoms with Crippen LogP contribution in [0.1, 0.15) is 27.3 Å². The number of rotatable bonds is 5. The Balaban J connectivity index is 1.40. The fraction of sp³-hybridized carbons (Fsp3) is 0.286. The summed E-state index contributed by atoms with van der Waals surface area (Å²) in [5, 5.41) is 10.5. The molecule has 10 nitrogen and oxygen atoms in total. The topological polar surface area (TPSA) is 122 Å². The summed E-state index contributed by atoms with van der Waals surface area (Å²) in [6, 6.07) is 4.73. The lowest BCUT2D eigenvalue weighted by molar-refractivity contribution is -0.138. The molecule has 1 aliphatic rings. The maximum atomic E-state index is 13.7. The summed E-state index contributed by atoms with van der Waals surface area (Å²) in [6.07, 6.45) is -2.32. The largest absolute Gasteiger partial charge is 0.445 e. The van der Waals surface area contributed by atoms with E-state index in [-0.39, 0.29) is 28.6 Å². The Labute approximate surface area is 204 Å². The Bertz CT molecular complexity index is 1440. The fourth-order valence-corrected chi connectivity index (χ4v) is 4.18. The van der Waals surface area contributed by atoms with Gasteiger partial charge in [-0.2, -0.15) is 13.2 Å². The molecule has 36 heavy (non-hydrogen) atoms. The van der Waals surface area contributed by atoms with Gasteiger partial charge >= 0.3 is 6.18 Å². The number of carbonyl (C=O) groups excluding carboxylic acids is 1. The number of nitrogens with one attached hydrogen (secondary N) is 2. The van der Waals surface area contributed by atoms with Crippen molar-refractivity contribution in [1.29, 1.82) is 0 Å². The fourth-order valence-electron chi connectivity index (χ4n) is 3.57. The number of hydrogen-bond acceptors (Lipinski definition) is 10. The molecule has 15 heteroatoms. The van der Waals surface area contributed by atoms with Gasteiger partial charge < -0.3 is 10.2 Å². The first-order valence-corrected chi connectivity index (χ1v) is 11.5. The maximum absolute atomic E-state index is 13.7. The van der Waals surface area contributed by atoms with Crippen molar-refractivity contribution in [2.75, 3.05) is 28.6 Å². The van der Waals surface area contributed by atoms with Crippen LogP contribution in [-0.2, 0) is 6.18 Å². The predicted molar refractivity (Wildman–Crippen MR) is 124 cm³/mol. The van der Waals surface area contributed by atoms with Crippen LogP contribution in [0.25, 0.3) is 11.0 Å². The Kier molecular flexibility index (Phi) is 6.07. The first kappa shape index (κ1) is 23.7. The minimum absolute atomic E-state index is 0.173. The van der Waals surface area contributed by atoms with Crippen molar-refractivity contribution < 1.29 is 22.4 Å². The van der Waals surface area contributed by atoms with Crippen molar-refractivity contribution in [3.05, 3.63) is 46.9 Å². The van der Waals surface area contributed by atoms with Gasteiger partial charge in [-0.05, 0) is 31.0 Å². The quantitative estimate of drug-likeness (QED) is 0.375. The highest BCUT2D eigenvalue weighted by atomic mass is 32.1. The SMILES string of the molecule is Cc1ccc(C(=O)Nc2nnc(C(F)(F)F)s2)cc1Nc1ncnc2cnc(N3CC[C@H](F)C3)nc12. The van der Waals surface area contributed by atoms with Crippen LogP contribution in [0.3, 0.4) is 0 Å². The van der Waals surface area contributed by atoms with E-state index >= 15 is 0 Å². The second-order valence-electron chi connectivity index (χ2n) is 7.98. The van der Waals surface area contributed by atoms with E-state index in [0.29, 0.717) is 41.5 Å². The molecule has 4 heterocycles.